The van der Waals surface area contributed by atoms with E-state index in [1.54, 1.807) is 36.4 Å². The third-order valence-electron chi connectivity index (χ3n) is 3.14. The van der Waals surface area contributed by atoms with Crippen molar-refractivity contribution in [2.45, 2.75) is 10.9 Å². The Hall–Kier alpha value is -2.67. The first-order valence-electron chi connectivity index (χ1n) is 6.49. The number of hydrogen-bond acceptors (Lipinski definition) is 5. The summed E-state index contributed by atoms with van der Waals surface area (Å²) in [5.74, 6) is 0.360. The van der Waals surface area contributed by atoms with Crippen LogP contribution in [0.3, 0.4) is 0 Å². The van der Waals surface area contributed by atoms with Crippen LogP contribution < -0.4 is 5.56 Å². The minimum Gasteiger partial charge on any atom is -0.301 e. The van der Waals surface area contributed by atoms with E-state index in [1.165, 1.54) is 17.8 Å². The van der Waals surface area contributed by atoms with E-state index in [4.69, 9.17) is 0 Å². The van der Waals surface area contributed by atoms with Gasteiger partial charge in [-0.05, 0) is 12.1 Å². The van der Waals surface area contributed by atoms with Gasteiger partial charge in [-0.2, -0.15) is 0 Å². The maximum atomic E-state index is 12.0. The van der Waals surface area contributed by atoms with Gasteiger partial charge in [0.1, 0.15) is 0 Å². The van der Waals surface area contributed by atoms with Crippen molar-refractivity contribution in [2.24, 2.45) is 0 Å². The van der Waals surface area contributed by atoms with Crippen LogP contribution in [0.4, 0.5) is 5.69 Å². The highest BCUT2D eigenvalue weighted by molar-refractivity contribution is 7.98. The van der Waals surface area contributed by atoms with Gasteiger partial charge in [-0.3, -0.25) is 14.9 Å². The maximum Gasteiger partial charge on any atom is 0.273 e. The highest BCUT2D eigenvalue weighted by atomic mass is 32.2. The first-order chi connectivity index (χ1) is 10.6. The van der Waals surface area contributed by atoms with Gasteiger partial charge in [0.05, 0.1) is 15.8 Å². The summed E-state index contributed by atoms with van der Waals surface area (Å²) in [7, 11) is 0. The fraction of sp³-hybridized carbons (Fsp3) is 0.0667. The molecule has 3 rings (SSSR count). The second-order valence-corrected chi connectivity index (χ2v) is 5.53. The van der Waals surface area contributed by atoms with Gasteiger partial charge >= 0.3 is 0 Å². The molecule has 3 aromatic rings. The summed E-state index contributed by atoms with van der Waals surface area (Å²) in [6.45, 7) is 0. The maximum absolute atomic E-state index is 12.0. The van der Waals surface area contributed by atoms with Gasteiger partial charge in [-0.15, -0.1) is 0 Å². The Bertz CT molecular complexity index is 908. The summed E-state index contributed by atoms with van der Waals surface area (Å²) in [6.07, 6.45) is 0. The van der Waals surface area contributed by atoms with Crippen LogP contribution in [-0.4, -0.2) is 14.9 Å². The number of para-hydroxylation sites is 2. The van der Waals surface area contributed by atoms with Gasteiger partial charge in [-0.1, -0.05) is 42.1 Å². The molecule has 22 heavy (non-hydrogen) atoms. The van der Waals surface area contributed by atoms with Crippen LogP contribution in [0.5, 0.6) is 0 Å². The molecule has 2 aromatic carbocycles. The summed E-state index contributed by atoms with van der Waals surface area (Å²) in [4.78, 5) is 29.6. The number of nitro groups is 1. The molecule has 0 aliphatic carbocycles. The highest BCUT2D eigenvalue weighted by Gasteiger charge is 2.13. The Labute approximate surface area is 129 Å². The summed E-state index contributed by atoms with van der Waals surface area (Å²) in [5, 5.41) is 12.0. The Kier molecular flexibility index (Phi) is 3.88. The molecule has 0 radical (unpaired) electrons. The zero-order valence-corrected chi connectivity index (χ0v) is 12.2. The number of H-pyrrole nitrogens is 1. The van der Waals surface area contributed by atoms with E-state index in [2.05, 4.69) is 9.97 Å². The number of nitrogens with one attached hydrogen (secondary N) is 1. The van der Waals surface area contributed by atoms with Crippen molar-refractivity contribution in [3.05, 3.63) is 74.6 Å². The Morgan fingerprint density at radius 1 is 1.14 bits per heavy atom. The van der Waals surface area contributed by atoms with Crippen LogP contribution in [0, 0.1) is 10.1 Å². The van der Waals surface area contributed by atoms with Crippen molar-refractivity contribution < 1.29 is 4.92 Å². The number of benzene rings is 2. The lowest BCUT2D eigenvalue weighted by Crippen LogP contribution is -2.09. The third kappa shape index (κ3) is 2.84. The van der Waals surface area contributed by atoms with Crippen LogP contribution in [0.1, 0.15) is 5.56 Å². The fourth-order valence-electron chi connectivity index (χ4n) is 2.09. The molecule has 6 nitrogen and oxygen atoms in total. The Morgan fingerprint density at radius 3 is 2.68 bits per heavy atom. The molecule has 1 heterocycles. The summed E-state index contributed by atoms with van der Waals surface area (Å²) in [6, 6.07) is 13.6. The molecule has 0 fully saturated rings. The largest absolute Gasteiger partial charge is 0.301 e. The van der Waals surface area contributed by atoms with Crippen LogP contribution in [0.2, 0.25) is 0 Å². The zero-order valence-electron chi connectivity index (χ0n) is 11.4. The van der Waals surface area contributed by atoms with E-state index in [0.717, 1.165) is 0 Å². The summed E-state index contributed by atoms with van der Waals surface area (Å²) < 4.78 is 0. The second kappa shape index (κ2) is 5.98. The highest BCUT2D eigenvalue weighted by Crippen LogP contribution is 2.26. The lowest BCUT2D eigenvalue weighted by atomic mass is 10.2. The van der Waals surface area contributed by atoms with Crippen molar-refractivity contribution in [3.8, 4) is 0 Å². The molecule has 0 saturated heterocycles. The van der Waals surface area contributed by atoms with Gasteiger partial charge in [0.2, 0.25) is 0 Å². The van der Waals surface area contributed by atoms with Crippen LogP contribution in [-0.2, 0) is 5.75 Å². The smallest absolute Gasteiger partial charge is 0.273 e. The molecule has 0 amide bonds. The third-order valence-corrected chi connectivity index (χ3v) is 4.07. The number of hydrogen-bond donors (Lipinski definition) is 1. The molecule has 110 valence electrons. The van der Waals surface area contributed by atoms with Crippen molar-refractivity contribution >= 4 is 28.4 Å². The first-order valence-corrected chi connectivity index (χ1v) is 7.48. The molecule has 0 bridgehead atoms. The molecule has 0 atom stereocenters. The second-order valence-electron chi connectivity index (χ2n) is 4.56. The van der Waals surface area contributed by atoms with E-state index < -0.39 is 4.92 Å². The van der Waals surface area contributed by atoms with Crippen LogP contribution in [0.15, 0.2) is 58.5 Å². The van der Waals surface area contributed by atoms with Crippen molar-refractivity contribution in [2.75, 3.05) is 0 Å². The number of aromatic amines is 1. The number of thioether (sulfide) groups is 1. The lowest BCUT2D eigenvalue weighted by Gasteiger charge is -2.04. The minimum absolute atomic E-state index is 0.0677. The van der Waals surface area contributed by atoms with E-state index in [-0.39, 0.29) is 11.2 Å². The van der Waals surface area contributed by atoms with Crippen molar-refractivity contribution in [1.29, 1.82) is 0 Å². The number of fused-ring (bicyclic) bond motifs is 1. The van der Waals surface area contributed by atoms with E-state index in [0.29, 0.717) is 27.4 Å². The Morgan fingerprint density at radius 2 is 1.86 bits per heavy atom. The quantitative estimate of drug-likeness (QED) is 0.346. The van der Waals surface area contributed by atoms with E-state index >= 15 is 0 Å². The van der Waals surface area contributed by atoms with Crippen LogP contribution >= 0.6 is 11.8 Å². The summed E-state index contributed by atoms with van der Waals surface area (Å²) in [5.41, 5.74) is 1.05. The minimum atomic E-state index is -0.410. The molecule has 7 heteroatoms. The SMILES string of the molecule is O=c1[nH]c(SCc2ccccc2[N+](=O)[O-])nc2ccccc12. The van der Waals surface area contributed by atoms with Crippen LogP contribution in [0.25, 0.3) is 10.9 Å². The molecule has 0 spiro atoms. The molecular weight excluding hydrogens is 302 g/mol. The van der Waals surface area contributed by atoms with E-state index in [9.17, 15) is 14.9 Å². The number of nitro benzene ring substituents is 1. The molecule has 0 unspecified atom stereocenters. The number of nitrogens with zero attached hydrogens (tertiary/aromatic N) is 2. The fourth-order valence-corrected chi connectivity index (χ4v) is 2.95. The molecular formula is C15H11N3O3S. The topological polar surface area (TPSA) is 88.9 Å². The molecule has 0 saturated carbocycles. The zero-order chi connectivity index (χ0) is 15.5. The number of aromatic nitrogens is 2. The first kappa shape index (κ1) is 14.3. The predicted octanol–water partition coefficient (Wildman–Crippen LogP) is 3.12. The monoisotopic (exact) mass is 313 g/mol. The number of rotatable bonds is 4. The Balaban J connectivity index is 1.89. The average molecular weight is 313 g/mol. The molecule has 0 aliphatic rings. The normalized spacial score (nSPS) is 10.7. The van der Waals surface area contributed by atoms with E-state index in [1.807, 2.05) is 6.07 Å². The van der Waals surface area contributed by atoms with Gasteiger partial charge in [0.25, 0.3) is 11.2 Å². The van der Waals surface area contributed by atoms with Crippen molar-refractivity contribution in [3.63, 3.8) is 0 Å². The van der Waals surface area contributed by atoms with Gasteiger partial charge in [-0.25, -0.2) is 4.98 Å². The average Bonchev–Trinajstić information content (AvgIpc) is 2.53. The lowest BCUT2D eigenvalue weighted by molar-refractivity contribution is -0.385. The molecule has 0 aliphatic heterocycles. The molecule has 1 N–H and O–H groups in total. The van der Waals surface area contributed by atoms with Gasteiger partial charge in [0.15, 0.2) is 5.16 Å². The van der Waals surface area contributed by atoms with Gasteiger partial charge < -0.3 is 4.98 Å². The summed E-state index contributed by atoms with van der Waals surface area (Å²) >= 11 is 1.26. The standard InChI is InChI=1S/C15H11N3O3S/c19-14-11-6-2-3-7-12(11)16-15(17-14)22-9-10-5-1-4-8-13(10)18(20)21/h1-8H,9H2,(H,16,17,19). The predicted molar refractivity (Wildman–Crippen MR) is 85.0 cm³/mol. The van der Waals surface area contributed by atoms with Gasteiger partial charge in [0, 0.05) is 17.4 Å². The van der Waals surface area contributed by atoms with Crippen molar-refractivity contribution in [1.82, 2.24) is 9.97 Å². The molecule has 1 aromatic heterocycles.